The van der Waals surface area contributed by atoms with Gasteiger partial charge in [0.1, 0.15) is 6.10 Å². The number of hydrogen-bond donors (Lipinski definition) is 1. The molecule has 0 aliphatic heterocycles. The largest absolute Gasteiger partial charge is 0.457 e. The van der Waals surface area contributed by atoms with Crippen LogP contribution in [0.4, 0.5) is 0 Å². The van der Waals surface area contributed by atoms with Crippen molar-refractivity contribution in [3.63, 3.8) is 0 Å². The zero-order valence-corrected chi connectivity index (χ0v) is 40.3. The summed E-state index contributed by atoms with van der Waals surface area (Å²) in [5.74, 6) is -0.197. The van der Waals surface area contributed by atoms with E-state index in [2.05, 4.69) is 38.2 Å². The molecule has 59 heavy (non-hydrogen) atoms. The quantitative estimate of drug-likeness (QED) is 0.0377. The summed E-state index contributed by atoms with van der Waals surface area (Å²) in [4.78, 5) is 12.3. The molecule has 0 fully saturated rings. The first-order valence-electron chi connectivity index (χ1n) is 26.9. The number of esters is 1. The molecule has 0 amide bonds. The predicted molar refractivity (Wildman–Crippen MR) is 261 cm³/mol. The fourth-order valence-electron chi connectivity index (χ4n) is 8.20. The molecule has 4 nitrogen and oxygen atoms in total. The van der Waals surface area contributed by atoms with Crippen molar-refractivity contribution in [3.8, 4) is 0 Å². The third-order valence-electron chi connectivity index (χ3n) is 12.2. The molecule has 1 N–H and O–H groups in total. The predicted octanol–water partition coefficient (Wildman–Crippen LogP) is 18.2. The minimum absolute atomic E-state index is 0.168. The van der Waals surface area contributed by atoms with Crippen LogP contribution in [0.2, 0.25) is 0 Å². The number of carbonyl (C=O) groups excluding carboxylic acids is 1. The topological polar surface area (TPSA) is 55.8 Å². The number of unbranched alkanes of at least 4 members (excludes halogenated alkanes) is 39. The number of allylic oxidation sites excluding steroid dienone is 4. The van der Waals surface area contributed by atoms with Crippen LogP contribution < -0.4 is 0 Å². The Kier molecular flexibility index (Phi) is 52.0. The van der Waals surface area contributed by atoms with E-state index in [9.17, 15) is 9.90 Å². The highest BCUT2D eigenvalue weighted by atomic mass is 16.6. The molecule has 0 aliphatic carbocycles. The van der Waals surface area contributed by atoms with Crippen LogP contribution in [0.1, 0.15) is 296 Å². The van der Waals surface area contributed by atoms with E-state index in [-0.39, 0.29) is 12.6 Å². The van der Waals surface area contributed by atoms with E-state index in [1.54, 1.807) is 0 Å². The smallest absolute Gasteiger partial charge is 0.306 e. The minimum Gasteiger partial charge on any atom is -0.457 e. The second kappa shape index (κ2) is 53.0. The van der Waals surface area contributed by atoms with Gasteiger partial charge in [-0.05, 0) is 64.2 Å². The van der Waals surface area contributed by atoms with Crippen LogP contribution in [-0.4, -0.2) is 37.0 Å². The molecule has 350 valence electrons. The Bertz CT molecular complexity index is 837. The van der Waals surface area contributed by atoms with Crippen LogP contribution in [0.5, 0.6) is 0 Å². The van der Waals surface area contributed by atoms with Crippen molar-refractivity contribution in [1.82, 2.24) is 0 Å². The molecule has 1 unspecified atom stereocenters. The summed E-state index contributed by atoms with van der Waals surface area (Å²) >= 11 is 0. The Morgan fingerprint density at radius 3 is 0.966 bits per heavy atom. The van der Waals surface area contributed by atoms with Crippen molar-refractivity contribution in [2.75, 3.05) is 19.8 Å². The van der Waals surface area contributed by atoms with Gasteiger partial charge < -0.3 is 14.6 Å². The van der Waals surface area contributed by atoms with Gasteiger partial charge in [0.05, 0.1) is 13.2 Å². The van der Waals surface area contributed by atoms with Crippen LogP contribution >= 0.6 is 0 Å². The van der Waals surface area contributed by atoms with Gasteiger partial charge in [0.25, 0.3) is 0 Å². The van der Waals surface area contributed by atoms with Crippen LogP contribution in [0.3, 0.4) is 0 Å². The summed E-state index contributed by atoms with van der Waals surface area (Å²) in [7, 11) is 0. The van der Waals surface area contributed by atoms with E-state index in [4.69, 9.17) is 9.47 Å². The molecule has 1 atom stereocenters. The molecule has 4 heteroatoms. The van der Waals surface area contributed by atoms with E-state index in [1.165, 1.54) is 257 Å². The number of rotatable bonds is 51. The van der Waals surface area contributed by atoms with Gasteiger partial charge in [0.2, 0.25) is 0 Å². The fourth-order valence-corrected chi connectivity index (χ4v) is 8.20. The molecule has 0 saturated carbocycles. The lowest BCUT2D eigenvalue weighted by Gasteiger charge is -2.16. The van der Waals surface area contributed by atoms with Gasteiger partial charge in [0, 0.05) is 13.0 Å². The highest BCUT2D eigenvalue weighted by molar-refractivity contribution is 5.69. The normalized spacial score (nSPS) is 12.4. The number of aliphatic hydroxyl groups excluding tert-OH is 1. The van der Waals surface area contributed by atoms with Crippen LogP contribution in [0, 0.1) is 0 Å². The van der Waals surface area contributed by atoms with E-state index >= 15 is 0 Å². The summed E-state index contributed by atoms with van der Waals surface area (Å²) < 4.78 is 11.2. The molecule has 0 heterocycles. The first-order valence-corrected chi connectivity index (χ1v) is 26.9. The molecule has 0 spiro atoms. The summed E-state index contributed by atoms with van der Waals surface area (Å²) in [5.41, 5.74) is 0. The number of ether oxygens (including phenoxy) is 2. The molecule has 0 saturated heterocycles. The number of carbonyl (C=O) groups is 1. The maximum Gasteiger partial charge on any atom is 0.306 e. The van der Waals surface area contributed by atoms with Gasteiger partial charge in [-0.25, -0.2) is 0 Å². The number of hydrogen-bond acceptors (Lipinski definition) is 4. The van der Waals surface area contributed by atoms with Gasteiger partial charge >= 0.3 is 5.97 Å². The molecular weight excluding hydrogens is 725 g/mol. The van der Waals surface area contributed by atoms with E-state index in [0.717, 1.165) is 19.3 Å². The maximum absolute atomic E-state index is 12.3. The Labute approximate surface area is 370 Å². The van der Waals surface area contributed by atoms with Crippen molar-refractivity contribution >= 4 is 5.97 Å². The summed E-state index contributed by atoms with van der Waals surface area (Å²) in [6, 6.07) is 0. The zero-order valence-electron chi connectivity index (χ0n) is 40.3. The highest BCUT2D eigenvalue weighted by Gasteiger charge is 2.13. The highest BCUT2D eigenvalue weighted by Crippen LogP contribution is 2.16. The van der Waals surface area contributed by atoms with Gasteiger partial charge in [-0.2, -0.15) is 0 Å². The third kappa shape index (κ3) is 51.1. The summed E-state index contributed by atoms with van der Waals surface area (Å²) in [6.45, 7) is 5.39. The SMILES string of the molecule is CCCCCCCCCC/C=C\CCCCCCCCCCCCCCCCOCC(CO)OC(=O)CCCCCCCCCCC/C=C\CCCCCCCCCC. The monoisotopic (exact) mass is 831 g/mol. The van der Waals surface area contributed by atoms with E-state index < -0.39 is 6.10 Å². The first-order chi connectivity index (χ1) is 29.2. The van der Waals surface area contributed by atoms with Crippen LogP contribution in [0.15, 0.2) is 24.3 Å². The molecule has 0 rings (SSSR count). The number of aliphatic hydroxyl groups is 1. The van der Waals surface area contributed by atoms with Crippen molar-refractivity contribution in [1.29, 1.82) is 0 Å². The lowest BCUT2D eigenvalue weighted by molar-refractivity contribution is -0.154. The van der Waals surface area contributed by atoms with Crippen LogP contribution in [-0.2, 0) is 14.3 Å². The van der Waals surface area contributed by atoms with Crippen molar-refractivity contribution in [2.24, 2.45) is 0 Å². The molecule has 0 aliphatic rings. The van der Waals surface area contributed by atoms with Crippen molar-refractivity contribution in [3.05, 3.63) is 24.3 Å². The van der Waals surface area contributed by atoms with Gasteiger partial charge in [-0.1, -0.05) is 250 Å². The Morgan fingerprint density at radius 2 is 0.661 bits per heavy atom. The summed E-state index contributed by atoms with van der Waals surface area (Å²) in [6.07, 6.45) is 67.1. The van der Waals surface area contributed by atoms with E-state index in [1.807, 2.05) is 0 Å². The molecule has 0 aromatic heterocycles. The third-order valence-corrected chi connectivity index (χ3v) is 12.2. The molecule has 0 aromatic rings. The van der Waals surface area contributed by atoms with E-state index in [0.29, 0.717) is 19.6 Å². The lowest BCUT2D eigenvalue weighted by atomic mass is 10.0. The standard InChI is InChI=1S/C55H106O4/c1-3-5-7-9-11-13-15-17-19-21-23-25-26-27-28-29-31-33-35-37-39-41-43-45-47-49-51-58-53-54(52-56)59-55(57)50-48-46-44-42-40-38-36-34-32-30-24-22-20-18-16-14-12-10-8-6-4-2/h21-24,54,56H,3-20,25-53H2,1-2H3/b23-21-,24-22-. The average Bonchev–Trinajstić information content (AvgIpc) is 3.24. The first kappa shape index (κ1) is 57.9. The van der Waals surface area contributed by atoms with Gasteiger partial charge in [0.15, 0.2) is 0 Å². The molecule has 0 bridgehead atoms. The Hall–Kier alpha value is -1.13. The summed E-state index contributed by atoms with van der Waals surface area (Å²) in [5, 5.41) is 9.66. The molecule has 0 radical (unpaired) electrons. The average molecular weight is 831 g/mol. The Morgan fingerprint density at radius 1 is 0.390 bits per heavy atom. The Balaban J connectivity index is 3.36. The van der Waals surface area contributed by atoms with Crippen molar-refractivity contribution in [2.45, 2.75) is 302 Å². The minimum atomic E-state index is -0.533. The second-order valence-corrected chi connectivity index (χ2v) is 18.3. The van der Waals surface area contributed by atoms with Crippen LogP contribution in [0.25, 0.3) is 0 Å². The zero-order chi connectivity index (χ0) is 42.6. The lowest BCUT2D eigenvalue weighted by Crippen LogP contribution is -2.27. The van der Waals surface area contributed by atoms with Crippen molar-refractivity contribution < 1.29 is 19.4 Å². The molecule has 0 aromatic carbocycles. The fraction of sp³-hybridized carbons (Fsp3) is 0.909. The van der Waals surface area contributed by atoms with Gasteiger partial charge in [-0.15, -0.1) is 0 Å². The van der Waals surface area contributed by atoms with Gasteiger partial charge in [-0.3, -0.25) is 4.79 Å². The maximum atomic E-state index is 12.3. The second-order valence-electron chi connectivity index (χ2n) is 18.3. The molecular formula is C55H106O4.